The topological polar surface area (TPSA) is 85.8 Å². The fraction of sp³-hybridized carbons (Fsp3) is 0.100. The molecule has 2 heterocycles. The van der Waals surface area contributed by atoms with Crippen molar-refractivity contribution >= 4 is 23.2 Å². The summed E-state index contributed by atoms with van der Waals surface area (Å²) in [6, 6.07) is 8.17. The third-order valence-electron chi connectivity index (χ3n) is 4.21. The lowest BCUT2D eigenvalue weighted by Crippen LogP contribution is -2.14. The second-order valence-corrected chi connectivity index (χ2v) is 6.73. The minimum atomic E-state index is -0.753. The molecular weight excluding hydrogens is 416 g/mol. The molecule has 0 saturated heterocycles. The van der Waals surface area contributed by atoms with Crippen LogP contribution in [0.1, 0.15) is 12.3 Å². The van der Waals surface area contributed by atoms with Crippen LogP contribution in [0.2, 0.25) is 5.02 Å². The summed E-state index contributed by atoms with van der Waals surface area (Å²) in [5.41, 5.74) is 1.17. The lowest BCUT2D eigenvalue weighted by atomic mass is 10.2. The Hall–Kier alpha value is -3.59. The Bertz CT molecular complexity index is 1190. The molecule has 10 heteroatoms. The zero-order valence-corrected chi connectivity index (χ0v) is 16.1. The van der Waals surface area contributed by atoms with Gasteiger partial charge in [0.15, 0.2) is 11.7 Å². The fourth-order valence-corrected chi connectivity index (χ4v) is 2.99. The molecule has 30 heavy (non-hydrogen) atoms. The van der Waals surface area contributed by atoms with Crippen LogP contribution >= 0.6 is 11.6 Å². The third-order valence-corrected chi connectivity index (χ3v) is 4.45. The van der Waals surface area contributed by atoms with Crippen molar-refractivity contribution in [3.63, 3.8) is 0 Å². The van der Waals surface area contributed by atoms with Gasteiger partial charge in [0, 0.05) is 23.9 Å². The van der Waals surface area contributed by atoms with Crippen molar-refractivity contribution in [2.24, 2.45) is 0 Å². The van der Waals surface area contributed by atoms with Gasteiger partial charge < -0.3 is 9.73 Å². The summed E-state index contributed by atoms with van der Waals surface area (Å²) in [6.45, 7) is 0. The maximum atomic E-state index is 13.9. The highest BCUT2D eigenvalue weighted by molar-refractivity contribution is 6.31. The van der Waals surface area contributed by atoms with Crippen LogP contribution < -0.4 is 5.32 Å². The van der Waals surface area contributed by atoms with Crippen LogP contribution in [0.15, 0.2) is 59.7 Å². The van der Waals surface area contributed by atoms with Gasteiger partial charge in [-0.25, -0.2) is 23.4 Å². The van der Waals surface area contributed by atoms with E-state index in [1.807, 2.05) is 0 Å². The number of nitrogens with one attached hydrogen (secondary N) is 1. The molecule has 0 aliphatic heterocycles. The largest absolute Gasteiger partial charge is 0.441 e. The van der Waals surface area contributed by atoms with Crippen LogP contribution in [-0.2, 0) is 11.2 Å². The van der Waals surface area contributed by atoms with Crippen LogP contribution in [0.25, 0.3) is 17.0 Å². The number of carbonyl (C=O) groups is 1. The van der Waals surface area contributed by atoms with E-state index >= 15 is 0 Å². The molecule has 0 bridgehead atoms. The van der Waals surface area contributed by atoms with Crippen molar-refractivity contribution in [2.45, 2.75) is 12.8 Å². The molecule has 0 atom stereocenters. The molecule has 0 aliphatic carbocycles. The van der Waals surface area contributed by atoms with Crippen LogP contribution in [0, 0.1) is 11.6 Å². The van der Waals surface area contributed by atoms with Gasteiger partial charge in [0.05, 0.1) is 23.1 Å². The van der Waals surface area contributed by atoms with E-state index < -0.39 is 11.6 Å². The molecule has 0 spiro atoms. The van der Waals surface area contributed by atoms with Crippen LogP contribution in [0.5, 0.6) is 0 Å². The van der Waals surface area contributed by atoms with Gasteiger partial charge in [-0.05, 0) is 30.3 Å². The second kappa shape index (κ2) is 8.42. The smallest absolute Gasteiger partial charge is 0.224 e. The molecule has 152 valence electrons. The van der Waals surface area contributed by atoms with Crippen LogP contribution in [-0.4, -0.2) is 25.7 Å². The lowest BCUT2D eigenvalue weighted by Gasteiger charge is -2.11. The van der Waals surface area contributed by atoms with Gasteiger partial charge in [-0.2, -0.15) is 5.10 Å². The van der Waals surface area contributed by atoms with E-state index in [9.17, 15) is 13.6 Å². The zero-order valence-electron chi connectivity index (χ0n) is 15.3. The van der Waals surface area contributed by atoms with Crippen molar-refractivity contribution in [3.05, 3.63) is 77.8 Å². The number of aryl methyl sites for hydroxylation is 1. The SMILES string of the molecule is O=C(CCc1ncc(-c2ccc(F)cc2F)o1)Nc1cc(Cl)ccc1-n1cncn1. The number of aromatic nitrogens is 4. The number of benzene rings is 2. The molecule has 1 N–H and O–H groups in total. The van der Waals surface area contributed by atoms with E-state index in [-0.39, 0.29) is 36.0 Å². The lowest BCUT2D eigenvalue weighted by molar-refractivity contribution is -0.116. The number of hydrogen-bond donors (Lipinski definition) is 1. The Morgan fingerprint density at radius 3 is 2.83 bits per heavy atom. The van der Waals surface area contributed by atoms with Gasteiger partial charge in [0.1, 0.15) is 24.3 Å². The van der Waals surface area contributed by atoms with Gasteiger partial charge in [0.25, 0.3) is 0 Å². The Morgan fingerprint density at radius 1 is 1.20 bits per heavy atom. The Balaban J connectivity index is 1.43. The molecule has 0 aliphatic rings. The summed E-state index contributed by atoms with van der Waals surface area (Å²) in [5.74, 6) is -1.32. The molecular formula is C20H14ClF2N5O2. The van der Waals surface area contributed by atoms with Crippen molar-refractivity contribution in [3.8, 4) is 17.0 Å². The second-order valence-electron chi connectivity index (χ2n) is 6.29. The number of rotatable bonds is 6. The highest BCUT2D eigenvalue weighted by Gasteiger charge is 2.14. The van der Waals surface area contributed by atoms with Crippen molar-refractivity contribution < 1.29 is 18.0 Å². The molecule has 0 fully saturated rings. The molecule has 4 aromatic rings. The quantitative estimate of drug-likeness (QED) is 0.490. The van der Waals surface area contributed by atoms with Gasteiger partial charge in [-0.15, -0.1) is 0 Å². The van der Waals surface area contributed by atoms with Crippen LogP contribution in [0.4, 0.5) is 14.5 Å². The first-order valence-electron chi connectivity index (χ1n) is 8.84. The minimum Gasteiger partial charge on any atom is -0.441 e. The fourth-order valence-electron chi connectivity index (χ4n) is 2.81. The summed E-state index contributed by atoms with van der Waals surface area (Å²) in [7, 11) is 0. The van der Waals surface area contributed by atoms with Gasteiger partial charge in [-0.1, -0.05) is 11.6 Å². The summed E-state index contributed by atoms with van der Waals surface area (Å²) in [4.78, 5) is 20.4. The van der Waals surface area contributed by atoms with Gasteiger partial charge >= 0.3 is 0 Å². The zero-order chi connectivity index (χ0) is 21.1. The first-order valence-corrected chi connectivity index (χ1v) is 9.22. The number of anilines is 1. The molecule has 0 radical (unpaired) electrons. The van der Waals surface area contributed by atoms with Gasteiger partial charge in [-0.3, -0.25) is 4.79 Å². The first-order chi connectivity index (χ1) is 14.5. The number of hydrogen-bond acceptors (Lipinski definition) is 5. The van der Waals surface area contributed by atoms with E-state index in [1.165, 1.54) is 29.6 Å². The maximum Gasteiger partial charge on any atom is 0.224 e. The molecule has 2 aromatic heterocycles. The predicted octanol–water partition coefficient (Wildman–Crippen LogP) is 4.43. The highest BCUT2D eigenvalue weighted by atomic mass is 35.5. The summed E-state index contributed by atoms with van der Waals surface area (Å²) in [5, 5.41) is 7.29. The molecule has 0 unspecified atom stereocenters. The van der Waals surface area contributed by atoms with Crippen molar-refractivity contribution in [1.82, 2.24) is 19.7 Å². The molecule has 0 saturated carbocycles. The van der Waals surface area contributed by atoms with Crippen molar-refractivity contribution in [1.29, 1.82) is 0 Å². The highest BCUT2D eigenvalue weighted by Crippen LogP contribution is 2.26. The number of carbonyl (C=O) groups excluding carboxylic acids is 1. The minimum absolute atomic E-state index is 0.0646. The Morgan fingerprint density at radius 2 is 2.07 bits per heavy atom. The average Bonchev–Trinajstić information content (AvgIpc) is 3.39. The molecule has 4 rings (SSSR count). The normalized spacial score (nSPS) is 10.9. The molecule has 2 aromatic carbocycles. The van der Waals surface area contributed by atoms with E-state index in [4.69, 9.17) is 16.0 Å². The van der Waals surface area contributed by atoms with Crippen molar-refractivity contribution in [2.75, 3.05) is 5.32 Å². The van der Waals surface area contributed by atoms with E-state index in [1.54, 1.807) is 18.2 Å². The first kappa shape index (κ1) is 19.7. The standard InChI is InChI=1S/C20H14ClF2N5O2/c21-12-1-4-17(28-11-24-10-26-28)16(7-12)27-19(29)5-6-20-25-9-18(30-20)14-3-2-13(22)8-15(14)23/h1-4,7-11H,5-6H2,(H,27,29). The number of oxazole rings is 1. The third kappa shape index (κ3) is 4.36. The van der Waals surface area contributed by atoms with E-state index in [0.29, 0.717) is 16.4 Å². The number of halogens is 3. The summed E-state index contributed by atoms with van der Waals surface area (Å²) in [6.07, 6.45) is 4.47. The van der Waals surface area contributed by atoms with E-state index in [0.717, 1.165) is 12.1 Å². The predicted molar refractivity (Wildman–Crippen MR) is 105 cm³/mol. The maximum absolute atomic E-state index is 13.9. The summed E-state index contributed by atoms with van der Waals surface area (Å²) < 4.78 is 33.9. The molecule has 7 nitrogen and oxygen atoms in total. The monoisotopic (exact) mass is 429 g/mol. The Kier molecular flexibility index (Phi) is 5.53. The average molecular weight is 430 g/mol. The number of amides is 1. The number of nitrogens with zero attached hydrogens (tertiary/aromatic N) is 4. The Labute approximate surface area is 174 Å². The summed E-state index contributed by atoms with van der Waals surface area (Å²) >= 11 is 6.04. The van der Waals surface area contributed by atoms with Gasteiger partial charge in [0.2, 0.25) is 5.91 Å². The van der Waals surface area contributed by atoms with E-state index in [2.05, 4.69) is 20.4 Å². The molecule has 1 amide bonds. The van der Waals surface area contributed by atoms with Crippen LogP contribution in [0.3, 0.4) is 0 Å².